The van der Waals surface area contributed by atoms with Crippen molar-refractivity contribution in [1.82, 2.24) is 4.98 Å². The zero-order valence-electron chi connectivity index (χ0n) is 30.6. The molecule has 0 bridgehead atoms. The van der Waals surface area contributed by atoms with Crippen LogP contribution in [-0.4, -0.2) is 4.98 Å². The lowest BCUT2D eigenvalue weighted by Gasteiger charge is -2.26. The summed E-state index contributed by atoms with van der Waals surface area (Å²) >= 11 is 0. The number of rotatable bonds is 8. The van der Waals surface area contributed by atoms with E-state index in [1.54, 1.807) is 0 Å². The van der Waals surface area contributed by atoms with Crippen molar-refractivity contribution in [3.8, 4) is 56.0 Å². The standard InChI is InChI=1S/C53H36N2O/c1-4-11-37(12-5-1)40-25-30-47(31-26-40)55(49-18-10-17-45(35-49)38-13-6-2-7-14-38)48-32-27-41(28-33-48)39-19-21-42(22-20-39)46-24-23-43-29-34-51-52(50(43)36-46)56-53(54-51)44-15-8-3-9-16-44/h1-36H. The van der Waals surface area contributed by atoms with E-state index in [4.69, 9.17) is 9.40 Å². The molecule has 0 aliphatic rings. The van der Waals surface area contributed by atoms with Gasteiger partial charge in [0.15, 0.2) is 5.58 Å². The van der Waals surface area contributed by atoms with Crippen molar-refractivity contribution in [3.63, 3.8) is 0 Å². The molecular weight excluding hydrogens is 681 g/mol. The summed E-state index contributed by atoms with van der Waals surface area (Å²) in [5.41, 5.74) is 15.3. The van der Waals surface area contributed by atoms with Gasteiger partial charge in [0.1, 0.15) is 5.52 Å². The fourth-order valence-corrected chi connectivity index (χ4v) is 7.58. The van der Waals surface area contributed by atoms with Gasteiger partial charge in [0, 0.05) is 28.0 Å². The van der Waals surface area contributed by atoms with Crippen LogP contribution >= 0.6 is 0 Å². The Balaban J connectivity index is 0.960. The highest BCUT2D eigenvalue weighted by Gasteiger charge is 2.15. The van der Waals surface area contributed by atoms with Crippen molar-refractivity contribution in [2.75, 3.05) is 4.90 Å². The maximum Gasteiger partial charge on any atom is 0.227 e. The summed E-state index contributed by atoms with van der Waals surface area (Å²) in [6.07, 6.45) is 0. The quantitative estimate of drug-likeness (QED) is 0.157. The lowest BCUT2D eigenvalue weighted by Crippen LogP contribution is -2.10. The van der Waals surface area contributed by atoms with Gasteiger partial charge in [-0.3, -0.25) is 0 Å². The van der Waals surface area contributed by atoms with Crippen LogP contribution in [0.2, 0.25) is 0 Å². The van der Waals surface area contributed by atoms with E-state index in [0.717, 1.165) is 66.8 Å². The molecule has 3 nitrogen and oxygen atoms in total. The van der Waals surface area contributed by atoms with E-state index in [-0.39, 0.29) is 0 Å². The number of hydrogen-bond donors (Lipinski definition) is 0. The minimum Gasteiger partial charge on any atom is -0.435 e. The number of nitrogens with zero attached hydrogens (tertiary/aromatic N) is 2. The molecule has 0 atom stereocenters. The first kappa shape index (κ1) is 33.1. The highest BCUT2D eigenvalue weighted by Crippen LogP contribution is 2.39. The van der Waals surface area contributed by atoms with Crippen molar-refractivity contribution in [2.45, 2.75) is 0 Å². The molecule has 56 heavy (non-hydrogen) atoms. The van der Waals surface area contributed by atoms with E-state index in [1.165, 1.54) is 22.3 Å². The molecule has 3 heteroatoms. The summed E-state index contributed by atoms with van der Waals surface area (Å²) in [5, 5.41) is 2.18. The largest absolute Gasteiger partial charge is 0.435 e. The number of hydrogen-bond acceptors (Lipinski definition) is 3. The zero-order valence-corrected chi connectivity index (χ0v) is 30.6. The summed E-state index contributed by atoms with van der Waals surface area (Å²) in [5.74, 6) is 0.638. The Morgan fingerprint density at radius 1 is 0.321 bits per heavy atom. The van der Waals surface area contributed by atoms with Gasteiger partial charge in [0.2, 0.25) is 5.89 Å². The van der Waals surface area contributed by atoms with Gasteiger partial charge in [0.05, 0.1) is 0 Å². The molecule has 0 N–H and O–H groups in total. The van der Waals surface area contributed by atoms with Crippen LogP contribution in [0.3, 0.4) is 0 Å². The van der Waals surface area contributed by atoms with Gasteiger partial charge >= 0.3 is 0 Å². The molecule has 10 rings (SSSR count). The average Bonchev–Trinajstić information content (AvgIpc) is 3.74. The predicted molar refractivity (Wildman–Crippen MR) is 233 cm³/mol. The van der Waals surface area contributed by atoms with Gasteiger partial charge in [-0.2, -0.15) is 0 Å². The maximum atomic E-state index is 6.35. The van der Waals surface area contributed by atoms with E-state index >= 15 is 0 Å². The Labute approximate surface area is 326 Å². The van der Waals surface area contributed by atoms with E-state index < -0.39 is 0 Å². The van der Waals surface area contributed by atoms with Crippen LogP contribution in [0, 0.1) is 0 Å². The van der Waals surface area contributed by atoms with Crippen molar-refractivity contribution < 1.29 is 4.42 Å². The van der Waals surface area contributed by atoms with Crippen LogP contribution in [0.25, 0.3) is 77.8 Å². The number of benzene rings is 9. The van der Waals surface area contributed by atoms with Crippen LogP contribution in [-0.2, 0) is 0 Å². The smallest absolute Gasteiger partial charge is 0.227 e. The molecule has 1 aromatic heterocycles. The molecule has 0 saturated carbocycles. The lowest BCUT2D eigenvalue weighted by atomic mass is 9.98. The summed E-state index contributed by atoms with van der Waals surface area (Å²) in [7, 11) is 0. The summed E-state index contributed by atoms with van der Waals surface area (Å²) in [4.78, 5) is 7.13. The maximum absolute atomic E-state index is 6.35. The molecule has 0 spiro atoms. The van der Waals surface area contributed by atoms with E-state index in [9.17, 15) is 0 Å². The van der Waals surface area contributed by atoms with Crippen molar-refractivity contribution in [2.24, 2.45) is 0 Å². The van der Waals surface area contributed by atoms with Crippen LogP contribution < -0.4 is 4.90 Å². The number of oxazole rings is 1. The molecule has 1 heterocycles. The molecule has 0 amide bonds. The van der Waals surface area contributed by atoms with Crippen LogP contribution in [0.5, 0.6) is 0 Å². The normalized spacial score (nSPS) is 11.2. The summed E-state index contributed by atoms with van der Waals surface area (Å²) < 4.78 is 6.35. The van der Waals surface area contributed by atoms with Crippen molar-refractivity contribution in [3.05, 3.63) is 218 Å². The predicted octanol–water partition coefficient (Wildman–Crippen LogP) is 14.8. The molecule has 0 saturated heterocycles. The molecule has 0 radical (unpaired) electrons. The highest BCUT2D eigenvalue weighted by atomic mass is 16.3. The van der Waals surface area contributed by atoms with Gasteiger partial charge in [-0.1, -0.05) is 158 Å². The number of aromatic nitrogens is 1. The monoisotopic (exact) mass is 716 g/mol. The molecule has 10 aromatic rings. The second kappa shape index (κ2) is 14.4. The average molecular weight is 717 g/mol. The second-order valence-corrected chi connectivity index (χ2v) is 14.0. The molecule has 0 unspecified atom stereocenters. The number of fused-ring (bicyclic) bond motifs is 3. The summed E-state index contributed by atoms with van der Waals surface area (Å²) in [6, 6.07) is 77.2. The molecule has 0 aliphatic heterocycles. The minimum absolute atomic E-state index is 0.638. The first-order chi connectivity index (χ1) is 27.7. The van der Waals surface area contributed by atoms with Crippen molar-refractivity contribution >= 4 is 38.9 Å². The molecule has 0 fully saturated rings. The van der Waals surface area contributed by atoms with E-state index in [0.29, 0.717) is 5.89 Å². The minimum atomic E-state index is 0.638. The SMILES string of the molecule is c1ccc(-c2ccc(N(c3ccc(-c4ccc(-c5ccc6ccc7nc(-c8ccccc8)oc7c6c5)cc4)cc3)c3cccc(-c4ccccc4)c3)cc2)cc1. The van der Waals surface area contributed by atoms with Crippen LogP contribution in [0.4, 0.5) is 17.1 Å². The van der Waals surface area contributed by atoms with Crippen LogP contribution in [0.15, 0.2) is 223 Å². The molecular formula is C53H36N2O. The van der Waals surface area contributed by atoms with Gasteiger partial charge in [-0.25, -0.2) is 4.98 Å². The number of anilines is 3. The fourth-order valence-electron chi connectivity index (χ4n) is 7.58. The van der Waals surface area contributed by atoms with Gasteiger partial charge < -0.3 is 9.32 Å². The summed E-state index contributed by atoms with van der Waals surface area (Å²) in [6.45, 7) is 0. The molecule has 264 valence electrons. The Morgan fingerprint density at radius 3 is 1.34 bits per heavy atom. The van der Waals surface area contributed by atoms with Gasteiger partial charge in [0.25, 0.3) is 0 Å². The Morgan fingerprint density at radius 2 is 0.750 bits per heavy atom. The Hall–Kier alpha value is -7.49. The third-order valence-corrected chi connectivity index (χ3v) is 10.5. The fraction of sp³-hybridized carbons (Fsp3) is 0. The first-order valence-corrected chi connectivity index (χ1v) is 18.9. The lowest BCUT2D eigenvalue weighted by molar-refractivity contribution is 0.623. The van der Waals surface area contributed by atoms with Gasteiger partial charge in [-0.15, -0.1) is 0 Å². The zero-order chi connectivity index (χ0) is 37.3. The Kier molecular flexibility index (Phi) is 8.51. The third kappa shape index (κ3) is 6.42. The molecule has 9 aromatic carbocycles. The van der Waals surface area contributed by atoms with E-state index in [2.05, 4.69) is 187 Å². The van der Waals surface area contributed by atoms with Crippen LogP contribution in [0.1, 0.15) is 0 Å². The third-order valence-electron chi connectivity index (χ3n) is 10.5. The topological polar surface area (TPSA) is 29.3 Å². The van der Waals surface area contributed by atoms with E-state index in [1.807, 2.05) is 36.4 Å². The first-order valence-electron chi connectivity index (χ1n) is 18.9. The Bertz CT molecular complexity index is 2920. The second-order valence-electron chi connectivity index (χ2n) is 14.0. The molecule has 0 aliphatic carbocycles. The van der Waals surface area contributed by atoms with Crippen molar-refractivity contribution in [1.29, 1.82) is 0 Å². The highest BCUT2D eigenvalue weighted by molar-refractivity contribution is 6.05. The van der Waals surface area contributed by atoms with Gasteiger partial charge in [-0.05, 0) is 111 Å².